The Morgan fingerprint density at radius 2 is 1.95 bits per heavy atom. The third-order valence-electron chi connectivity index (χ3n) is 3.81. The number of ether oxygens (including phenoxy) is 1. The fourth-order valence-corrected chi connectivity index (χ4v) is 3.48. The second kappa shape index (κ2) is 7.69. The molecule has 0 saturated heterocycles. The average molecular weight is 304 g/mol. The molecule has 2 atom stereocenters. The predicted molar refractivity (Wildman–Crippen MR) is 89.1 cm³/mol. The molecule has 114 valence electrons. The Balaban J connectivity index is 2.22. The smallest absolute Gasteiger partial charge is 0.111 e. The van der Waals surface area contributed by atoms with Crippen molar-refractivity contribution in [3.05, 3.63) is 51.5 Å². The zero-order chi connectivity index (χ0) is 15.2. The molecular formula is C17H24N2OS. The number of rotatable bonds is 7. The van der Waals surface area contributed by atoms with Gasteiger partial charge in [-0.25, -0.2) is 4.98 Å². The molecule has 0 aliphatic heterocycles. The van der Waals surface area contributed by atoms with Crippen molar-refractivity contribution >= 4 is 11.3 Å². The van der Waals surface area contributed by atoms with Gasteiger partial charge in [-0.2, -0.15) is 0 Å². The number of methoxy groups -OCH3 is 1. The zero-order valence-electron chi connectivity index (χ0n) is 13.2. The molecular weight excluding hydrogens is 280 g/mol. The number of nitrogens with one attached hydrogen (secondary N) is 1. The van der Waals surface area contributed by atoms with Crippen LogP contribution >= 0.6 is 11.3 Å². The van der Waals surface area contributed by atoms with Crippen molar-refractivity contribution in [3.63, 3.8) is 0 Å². The monoisotopic (exact) mass is 304 g/mol. The topological polar surface area (TPSA) is 34.1 Å². The first kappa shape index (κ1) is 16.1. The molecule has 1 aromatic carbocycles. The molecule has 1 N–H and O–H groups in total. The molecule has 1 heterocycles. The minimum atomic E-state index is 0.222. The highest BCUT2D eigenvalue weighted by Gasteiger charge is 2.23. The van der Waals surface area contributed by atoms with Gasteiger partial charge in [0.15, 0.2) is 0 Å². The molecule has 2 unspecified atom stereocenters. The summed E-state index contributed by atoms with van der Waals surface area (Å²) in [7, 11) is 1.73. The summed E-state index contributed by atoms with van der Waals surface area (Å²) < 4.78 is 5.16. The Kier molecular flexibility index (Phi) is 5.91. The van der Waals surface area contributed by atoms with E-state index in [4.69, 9.17) is 9.72 Å². The van der Waals surface area contributed by atoms with Crippen LogP contribution in [0.25, 0.3) is 0 Å². The van der Waals surface area contributed by atoms with Gasteiger partial charge in [0.05, 0.1) is 18.3 Å². The lowest BCUT2D eigenvalue weighted by Gasteiger charge is -2.24. The molecule has 0 amide bonds. The highest BCUT2D eigenvalue weighted by atomic mass is 32.1. The van der Waals surface area contributed by atoms with E-state index in [1.165, 1.54) is 10.4 Å². The summed E-state index contributed by atoms with van der Waals surface area (Å²) in [5, 5.41) is 4.76. The first-order valence-electron chi connectivity index (χ1n) is 7.34. The Morgan fingerprint density at radius 3 is 2.52 bits per heavy atom. The van der Waals surface area contributed by atoms with Gasteiger partial charge in [0.25, 0.3) is 0 Å². The molecule has 0 fully saturated rings. The van der Waals surface area contributed by atoms with Gasteiger partial charge in [-0.05, 0) is 19.4 Å². The number of benzene rings is 1. The van der Waals surface area contributed by atoms with E-state index < -0.39 is 0 Å². The lowest BCUT2D eigenvalue weighted by Crippen LogP contribution is -2.29. The van der Waals surface area contributed by atoms with E-state index in [9.17, 15) is 0 Å². The van der Waals surface area contributed by atoms with Crippen LogP contribution in [0.1, 0.15) is 40.0 Å². The fourth-order valence-electron chi connectivity index (χ4n) is 2.37. The number of hydrogen-bond donors (Lipinski definition) is 1. The van der Waals surface area contributed by atoms with Crippen molar-refractivity contribution in [2.75, 3.05) is 20.3 Å². The lowest BCUT2D eigenvalue weighted by molar-refractivity contribution is 0.194. The molecule has 0 saturated carbocycles. The molecule has 2 aromatic rings. The third kappa shape index (κ3) is 4.13. The average Bonchev–Trinajstić information content (AvgIpc) is 2.83. The minimum Gasteiger partial charge on any atom is -0.383 e. The third-order valence-corrected chi connectivity index (χ3v) is 4.96. The standard InChI is InChI=1S/C17H24N2OS/c1-12(15-8-6-5-7-9-15)16(18-10-11-20-4)17-19-13(2)14(3)21-17/h5-9,12,16,18H,10-11H2,1-4H3. The van der Waals surface area contributed by atoms with E-state index in [1.807, 2.05) is 0 Å². The van der Waals surface area contributed by atoms with Gasteiger partial charge in [-0.15, -0.1) is 11.3 Å². The van der Waals surface area contributed by atoms with Gasteiger partial charge in [0.2, 0.25) is 0 Å². The predicted octanol–water partition coefficient (Wildman–Crippen LogP) is 3.84. The fraction of sp³-hybridized carbons (Fsp3) is 0.471. The van der Waals surface area contributed by atoms with E-state index in [0.29, 0.717) is 12.5 Å². The van der Waals surface area contributed by atoms with Crippen molar-refractivity contribution in [1.29, 1.82) is 0 Å². The summed E-state index contributed by atoms with van der Waals surface area (Å²) in [6.07, 6.45) is 0. The highest BCUT2D eigenvalue weighted by Crippen LogP contribution is 2.33. The zero-order valence-corrected chi connectivity index (χ0v) is 14.0. The number of aromatic nitrogens is 1. The molecule has 0 spiro atoms. The molecule has 0 bridgehead atoms. The Hall–Kier alpha value is -1.23. The van der Waals surface area contributed by atoms with Gasteiger partial charge in [0, 0.05) is 24.4 Å². The van der Waals surface area contributed by atoms with Crippen LogP contribution in [0, 0.1) is 13.8 Å². The van der Waals surface area contributed by atoms with E-state index >= 15 is 0 Å². The molecule has 0 aliphatic carbocycles. The quantitative estimate of drug-likeness (QED) is 0.789. The summed E-state index contributed by atoms with van der Waals surface area (Å²) in [4.78, 5) is 6.05. The van der Waals surface area contributed by atoms with Crippen molar-refractivity contribution in [1.82, 2.24) is 10.3 Å². The minimum absolute atomic E-state index is 0.222. The maximum Gasteiger partial charge on any atom is 0.111 e. The Bertz CT molecular complexity index is 534. The summed E-state index contributed by atoms with van der Waals surface area (Å²) in [5.74, 6) is 0.369. The van der Waals surface area contributed by atoms with Crippen LogP contribution in [0.3, 0.4) is 0 Å². The van der Waals surface area contributed by atoms with Crippen LogP contribution in [-0.4, -0.2) is 25.2 Å². The highest BCUT2D eigenvalue weighted by molar-refractivity contribution is 7.11. The second-order valence-electron chi connectivity index (χ2n) is 5.32. The van der Waals surface area contributed by atoms with E-state index in [1.54, 1.807) is 18.4 Å². The SMILES string of the molecule is COCCNC(c1nc(C)c(C)s1)C(C)c1ccccc1. The molecule has 0 aliphatic rings. The van der Waals surface area contributed by atoms with E-state index in [0.717, 1.165) is 17.2 Å². The van der Waals surface area contributed by atoms with Crippen molar-refractivity contribution in [3.8, 4) is 0 Å². The summed E-state index contributed by atoms with van der Waals surface area (Å²) in [6, 6.07) is 10.8. The second-order valence-corrected chi connectivity index (χ2v) is 6.55. The first-order valence-corrected chi connectivity index (χ1v) is 8.16. The maximum atomic E-state index is 5.16. The molecule has 1 aromatic heterocycles. The summed E-state index contributed by atoms with van der Waals surface area (Å²) in [6.45, 7) is 8.01. The number of nitrogens with zero attached hydrogens (tertiary/aromatic N) is 1. The van der Waals surface area contributed by atoms with Crippen LogP contribution in [0.2, 0.25) is 0 Å². The van der Waals surface area contributed by atoms with Gasteiger partial charge in [-0.3, -0.25) is 0 Å². The van der Waals surface area contributed by atoms with Crippen LogP contribution in [0.15, 0.2) is 30.3 Å². The van der Waals surface area contributed by atoms with Crippen LogP contribution in [-0.2, 0) is 4.74 Å². The van der Waals surface area contributed by atoms with Gasteiger partial charge >= 0.3 is 0 Å². The number of hydrogen-bond acceptors (Lipinski definition) is 4. The first-order chi connectivity index (χ1) is 10.1. The van der Waals surface area contributed by atoms with Crippen LogP contribution < -0.4 is 5.32 Å². The largest absolute Gasteiger partial charge is 0.383 e. The van der Waals surface area contributed by atoms with E-state index in [2.05, 4.69) is 56.4 Å². The maximum absolute atomic E-state index is 5.16. The molecule has 4 heteroatoms. The van der Waals surface area contributed by atoms with Crippen LogP contribution in [0.5, 0.6) is 0 Å². The molecule has 21 heavy (non-hydrogen) atoms. The number of aryl methyl sites for hydroxylation is 2. The molecule has 0 radical (unpaired) electrons. The van der Waals surface area contributed by atoms with Crippen molar-refractivity contribution in [2.45, 2.75) is 32.7 Å². The molecule has 2 rings (SSSR count). The van der Waals surface area contributed by atoms with Gasteiger partial charge in [0.1, 0.15) is 5.01 Å². The van der Waals surface area contributed by atoms with E-state index in [-0.39, 0.29) is 6.04 Å². The van der Waals surface area contributed by atoms with Crippen LogP contribution in [0.4, 0.5) is 0 Å². The number of thiazole rings is 1. The van der Waals surface area contributed by atoms with Gasteiger partial charge < -0.3 is 10.1 Å². The van der Waals surface area contributed by atoms with Crippen molar-refractivity contribution < 1.29 is 4.74 Å². The lowest BCUT2D eigenvalue weighted by atomic mass is 9.93. The summed E-state index contributed by atoms with van der Waals surface area (Å²) >= 11 is 1.79. The van der Waals surface area contributed by atoms with Gasteiger partial charge in [-0.1, -0.05) is 37.3 Å². The summed E-state index contributed by atoms with van der Waals surface area (Å²) in [5.41, 5.74) is 2.46. The Labute approximate surface area is 131 Å². The molecule has 3 nitrogen and oxygen atoms in total. The Morgan fingerprint density at radius 1 is 1.24 bits per heavy atom. The normalized spacial score (nSPS) is 14.1. The van der Waals surface area contributed by atoms with Crippen molar-refractivity contribution in [2.24, 2.45) is 0 Å².